The van der Waals surface area contributed by atoms with Crippen molar-refractivity contribution in [3.63, 3.8) is 0 Å². The summed E-state index contributed by atoms with van der Waals surface area (Å²) in [7, 11) is 0. The molecule has 0 aliphatic heterocycles. The number of thioether (sulfide) groups is 1. The lowest BCUT2D eigenvalue weighted by molar-refractivity contribution is -0.115. The van der Waals surface area contributed by atoms with Crippen LogP contribution in [0.15, 0.2) is 47.2 Å². The molecule has 3 aromatic heterocycles. The molecule has 0 bridgehead atoms. The predicted octanol–water partition coefficient (Wildman–Crippen LogP) is 6.30. The first-order valence-electron chi connectivity index (χ1n) is 10.9. The summed E-state index contributed by atoms with van der Waals surface area (Å²) in [5, 5.41) is 11.8. The number of hydrogen-bond donors (Lipinski definition) is 1. The topological polar surface area (TPSA) is 85.6 Å². The zero-order valence-electron chi connectivity index (χ0n) is 18.5. The number of amides is 1. The van der Waals surface area contributed by atoms with E-state index in [1.54, 1.807) is 10.9 Å². The van der Waals surface area contributed by atoms with Crippen LogP contribution in [0.2, 0.25) is 5.02 Å². The number of nitrogens with zero attached hydrogens (tertiary/aromatic N) is 5. The van der Waals surface area contributed by atoms with Crippen molar-refractivity contribution in [1.29, 1.82) is 0 Å². The lowest BCUT2D eigenvalue weighted by atomic mass is 10.1. The zero-order chi connectivity index (χ0) is 23.2. The molecule has 1 amide bonds. The normalized spacial score (nSPS) is 12.2. The van der Waals surface area contributed by atoms with Crippen molar-refractivity contribution in [3.05, 3.63) is 52.9 Å². The van der Waals surface area contributed by atoms with Crippen molar-refractivity contribution < 1.29 is 4.79 Å². The molecule has 172 valence electrons. The molecule has 4 aromatic rings. The van der Waals surface area contributed by atoms with Crippen LogP contribution in [0.5, 0.6) is 0 Å². The van der Waals surface area contributed by atoms with Crippen molar-refractivity contribution >= 4 is 56.8 Å². The third kappa shape index (κ3) is 5.72. The number of aryl methyl sites for hydroxylation is 1. The van der Waals surface area contributed by atoms with Gasteiger partial charge in [-0.05, 0) is 25.5 Å². The highest BCUT2D eigenvalue weighted by atomic mass is 35.5. The number of halogens is 1. The van der Waals surface area contributed by atoms with Crippen molar-refractivity contribution in [1.82, 2.24) is 24.7 Å². The average Bonchev–Trinajstić information content (AvgIpc) is 3.42. The Bertz CT molecular complexity index is 1240. The minimum Gasteiger partial charge on any atom is -0.301 e. The van der Waals surface area contributed by atoms with Gasteiger partial charge in [-0.1, -0.05) is 68.1 Å². The van der Waals surface area contributed by atoms with E-state index in [9.17, 15) is 4.79 Å². The van der Waals surface area contributed by atoms with Crippen LogP contribution in [-0.4, -0.2) is 35.9 Å². The van der Waals surface area contributed by atoms with Crippen LogP contribution in [0.1, 0.15) is 44.7 Å². The summed E-state index contributed by atoms with van der Waals surface area (Å²) < 4.78 is 1.71. The van der Waals surface area contributed by atoms with E-state index in [-0.39, 0.29) is 11.2 Å². The van der Waals surface area contributed by atoms with Crippen molar-refractivity contribution in [2.45, 2.75) is 56.2 Å². The Morgan fingerprint density at radius 1 is 1.24 bits per heavy atom. The molecule has 0 saturated carbocycles. The van der Waals surface area contributed by atoms with E-state index >= 15 is 0 Å². The fourth-order valence-electron chi connectivity index (χ4n) is 3.45. The van der Waals surface area contributed by atoms with Crippen molar-refractivity contribution in [3.8, 4) is 5.69 Å². The molecule has 0 fully saturated rings. The van der Waals surface area contributed by atoms with Gasteiger partial charge in [0.1, 0.15) is 11.4 Å². The van der Waals surface area contributed by atoms with Crippen LogP contribution in [0.4, 0.5) is 5.13 Å². The number of para-hydroxylation sites is 1. The van der Waals surface area contributed by atoms with Crippen LogP contribution in [0.25, 0.3) is 16.7 Å². The fourth-order valence-corrected chi connectivity index (χ4v) is 5.45. The molecular weight excluding hydrogens is 476 g/mol. The number of nitrogens with one attached hydrogen (secondary N) is 1. The molecule has 7 nitrogen and oxygen atoms in total. The SMILES string of the molecule is CCCCCCC(Sc1ncnc2c1cnn2-c1ccccc1Cl)C(=O)Nc1nc(C)cs1. The molecule has 3 heterocycles. The van der Waals surface area contributed by atoms with E-state index in [2.05, 4.69) is 32.3 Å². The molecule has 0 saturated heterocycles. The van der Waals surface area contributed by atoms with Crippen LogP contribution in [-0.2, 0) is 4.79 Å². The lowest BCUT2D eigenvalue weighted by Gasteiger charge is -2.15. The molecule has 0 spiro atoms. The number of hydrogen-bond acceptors (Lipinski definition) is 7. The van der Waals surface area contributed by atoms with Gasteiger partial charge >= 0.3 is 0 Å². The predicted molar refractivity (Wildman–Crippen MR) is 136 cm³/mol. The van der Waals surface area contributed by atoms with Gasteiger partial charge in [-0.25, -0.2) is 19.6 Å². The van der Waals surface area contributed by atoms with Crippen LogP contribution in [0, 0.1) is 6.92 Å². The molecule has 4 rings (SSSR count). The van der Waals surface area contributed by atoms with Gasteiger partial charge in [-0.3, -0.25) is 4.79 Å². The van der Waals surface area contributed by atoms with E-state index in [0.717, 1.165) is 53.9 Å². The van der Waals surface area contributed by atoms with Gasteiger partial charge in [-0.2, -0.15) is 5.10 Å². The lowest BCUT2D eigenvalue weighted by Crippen LogP contribution is -2.25. The summed E-state index contributed by atoms with van der Waals surface area (Å²) in [6.07, 6.45) is 8.38. The molecule has 10 heteroatoms. The number of carbonyl (C=O) groups excluding carboxylic acids is 1. The Balaban J connectivity index is 1.60. The van der Waals surface area contributed by atoms with Crippen molar-refractivity contribution in [2.24, 2.45) is 0 Å². The van der Waals surface area contributed by atoms with Crippen molar-refractivity contribution in [2.75, 3.05) is 5.32 Å². The van der Waals surface area contributed by atoms with Gasteiger partial charge < -0.3 is 5.32 Å². The number of thiazole rings is 1. The Labute approximate surface area is 206 Å². The van der Waals surface area contributed by atoms with E-state index < -0.39 is 0 Å². The molecule has 33 heavy (non-hydrogen) atoms. The summed E-state index contributed by atoms with van der Waals surface area (Å²) in [6.45, 7) is 4.09. The number of rotatable bonds is 10. The van der Waals surface area contributed by atoms with Gasteiger partial charge in [0.05, 0.1) is 33.2 Å². The molecule has 1 unspecified atom stereocenters. The third-order valence-electron chi connectivity index (χ3n) is 5.13. The number of carbonyl (C=O) groups is 1. The first kappa shape index (κ1) is 23.7. The van der Waals surface area contributed by atoms with Crippen LogP contribution >= 0.6 is 34.7 Å². The molecule has 0 radical (unpaired) electrons. The summed E-state index contributed by atoms with van der Waals surface area (Å²) >= 11 is 9.26. The fraction of sp³-hybridized carbons (Fsp3) is 0.348. The largest absolute Gasteiger partial charge is 0.301 e. The smallest absolute Gasteiger partial charge is 0.239 e. The second kappa shape index (κ2) is 11.1. The molecule has 1 aromatic carbocycles. The Morgan fingerprint density at radius 3 is 2.85 bits per heavy atom. The van der Waals surface area contributed by atoms with Gasteiger partial charge in [-0.15, -0.1) is 11.3 Å². The van der Waals surface area contributed by atoms with E-state index in [4.69, 9.17) is 11.6 Å². The molecule has 1 N–H and O–H groups in total. The summed E-state index contributed by atoms with van der Waals surface area (Å²) in [6, 6.07) is 7.49. The van der Waals surface area contributed by atoms with Gasteiger partial charge in [0.2, 0.25) is 5.91 Å². The Hall–Kier alpha value is -2.49. The molecule has 0 aliphatic carbocycles. The Kier molecular flexibility index (Phi) is 7.95. The quantitative estimate of drug-likeness (QED) is 0.156. The maximum absolute atomic E-state index is 13.2. The third-order valence-corrected chi connectivity index (χ3v) is 7.60. The summed E-state index contributed by atoms with van der Waals surface area (Å²) in [5.74, 6) is -0.0592. The maximum Gasteiger partial charge on any atom is 0.239 e. The summed E-state index contributed by atoms with van der Waals surface area (Å²) in [4.78, 5) is 26.4. The second-order valence-corrected chi connectivity index (χ2v) is 10.1. The number of benzene rings is 1. The minimum absolute atomic E-state index is 0.0592. The minimum atomic E-state index is -0.298. The summed E-state index contributed by atoms with van der Waals surface area (Å²) in [5.41, 5.74) is 2.30. The molecular formula is C23H25ClN6OS2. The maximum atomic E-state index is 13.2. The van der Waals surface area contributed by atoms with Crippen LogP contribution < -0.4 is 5.32 Å². The van der Waals surface area contributed by atoms with Gasteiger partial charge in [0, 0.05) is 5.38 Å². The van der Waals surface area contributed by atoms with E-state index in [1.807, 2.05) is 36.6 Å². The highest BCUT2D eigenvalue weighted by Crippen LogP contribution is 2.33. The molecule has 0 aliphatic rings. The zero-order valence-corrected chi connectivity index (χ0v) is 20.9. The molecule has 1 atom stereocenters. The first-order valence-corrected chi connectivity index (χ1v) is 13.0. The number of fused-ring (bicyclic) bond motifs is 1. The standard InChI is InChI=1S/C23H25ClN6OS2/c1-3-4-5-6-11-19(21(31)29-23-28-15(2)13-32-23)33-22-16-12-27-30(20(16)25-14-26-22)18-10-8-7-9-17(18)24/h7-10,12-14,19H,3-6,11H2,1-2H3,(H,28,29,31). The van der Waals surface area contributed by atoms with Gasteiger partial charge in [0.15, 0.2) is 10.8 Å². The number of unbranched alkanes of at least 4 members (excludes halogenated alkanes) is 3. The second-order valence-electron chi connectivity index (χ2n) is 7.66. The Morgan fingerprint density at radius 2 is 2.09 bits per heavy atom. The number of anilines is 1. The first-order chi connectivity index (χ1) is 16.1. The van der Waals surface area contributed by atoms with E-state index in [1.165, 1.54) is 29.4 Å². The van der Waals surface area contributed by atoms with Crippen LogP contribution in [0.3, 0.4) is 0 Å². The highest BCUT2D eigenvalue weighted by Gasteiger charge is 2.23. The highest BCUT2D eigenvalue weighted by molar-refractivity contribution is 8.00. The average molecular weight is 501 g/mol. The van der Waals surface area contributed by atoms with Gasteiger partial charge in [0.25, 0.3) is 0 Å². The van der Waals surface area contributed by atoms with E-state index in [0.29, 0.717) is 15.8 Å². The monoisotopic (exact) mass is 500 g/mol. The number of aromatic nitrogens is 5.